The molecule has 0 N–H and O–H groups in total. The second-order valence-electron chi connectivity index (χ2n) is 8.02. The minimum Gasteiger partial charge on any atom is -0.381 e. The first kappa shape index (κ1) is 13.6. The van der Waals surface area contributed by atoms with Gasteiger partial charge in [0, 0.05) is 20.0 Å². The standard InChI is InChI=1S/C17H28O2/c1-16(2)12-5-6-17(16,3)15(9-12)11-7-13(18)10-14(8-11)19-4/h11-12,14-15H,5-10H2,1-4H3/t11?,12-,14?,15+,17+/m0/s1. The van der Waals surface area contributed by atoms with Crippen molar-refractivity contribution in [2.24, 2.45) is 28.6 Å². The molecule has 3 aliphatic carbocycles. The molecule has 0 heterocycles. The molecule has 2 unspecified atom stereocenters. The Morgan fingerprint density at radius 3 is 2.42 bits per heavy atom. The van der Waals surface area contributed by atoms with Crippen LogP contribution in [0.3, 0.4) is 0 Å². The summed E-state index contributed by atoms with van der Waals surface area (Å²) in [6.45, 7) is 7.41. The van der Waals surface area contributed by atoms with Gasteiger partial charge >= 0.3 is 0 Å². The van der Waals surface area contributed by atoms with Crippen LogP contribution in [0.5, 0.6) is 0 Å². The maximum atomic E-state index is 12.0. The fourth-order valence-electron chi connectivity index (χ4n) is 5.60. The highest BCUT2D eigenvalue weighted by Gasteiger charge is 2.62. The second-order valence-corrected chi connectivity index (χ2v) is 8.02. The van der Waals surface area contributed by atoms with Gasteiger partial charge in [0.15, 0.2) is 0 Å². The summed E-state index contributed by atoms with van der Waals surface area (Å²) in [5.41, 5.74) is 0.902. The Morgan fingerprint density at radius 2 is 1.89 bits per heavy atom. The number of ether oxygens (including phenoxy) is 1. The number of Topliss-reactive ketones (excluding diaryl/α,β-unsaturated/α-hetero) is 1. The number of carbonyl (C=O) groups excluding carboxylic acids is 1. The maximum absolute atomic E-state index is 12.0. The summed E-state index contributed by atoms with van der Waals surface area (Å²) >= 11 is 0. The van der Waals surface area contributed by atoms with Gasteiger partial charge in [-0.25, -0.2) is 0 Å². The molecular weight excluding hydrogens is 236 g/mol. The summed E-state index contributed by atoms with van der Waals surface area (Å²) in [6, 6.07) is 0. The second kappa shape index (κ2) is 4.31. The molecule has 0 amide bonds. The van der Waals surface area contributed by atoms with Crippen molar-refractivity contribution in [2.75, 3.05) is 7.11 Å². The SMILES string of the molecule is COC1CC(=O)CC([C@H]2C[C@@H]3CC[C@@]2(C)C3(C)C)C1. The van der Waals surface area contributed by atoms with E-state index in [1.165, 1.54) is 19.3 Å². The third kappa shape index (κ3) is 1.82. The lowest BCUT2D eigenvalue weighted by Crippen LogP contribution is -2.40. The van der Waals surface area contributed by atoms with Crippen molar-refractivity contribution in [3.63, 3.8) is 0 Å². The van der Waals surface area contributed by atoms with Crippen LogP contribution < -0.4 is 0 Å². The highest BCUT2D eigenvalue weighted by molar-refractivity contribution is 5.80. The van der Waals surface area contributed by atoms with Gasteiger partial charge < -0.3 is 4.74 Å². The zero-order valence-corrected chi connectivity index (χ0v) is 12.9. The van der Waals surface area contributed by atoms with E-state index in [0.29, 0.717) is 29.0 Å². The number of fused-ring (bicyclic) bond motifs is 2. The lowest BCUT2D eigenvalue weighted by molar-refractivity contribution is -0.128. The molecule has 0 aliphatic heterocycles. The molecule has 0 aromatic heterocycles. The largest absolute Gasteiger partial charge is 0.381 e. The van der Waals surface area contributed by atoms with Crippen molar-refractivity contribution in [1.29, 1.82) is 0 Å². The van der Waals surface area contributed by atoms with Gasteiger partial charge in [0.05, 0.1) is 6.10 Å². The Hall–Kier alpha value is -0.370. The van der Waals surface area contributed by atoms with Crippen LogP contribution in [0, 0.1) is 28.6 Å². The summed E-state index contributed by atoms with van der Waals surface area (Å²) in [7, 11) is 1.76. The Labute approximate surface area is 117 Å². The number of hydrogen-bond acceptors (Lipinski definition) is 2. The zero-order valence-electron chi connectivity index (χ0n) is 12.9. The van der Waals surface area contributed by atoms with Gasteiger partial charge in [0.25, 0.3) is 0 Å². The van der Waals surface area contributed by atoms with Gasteiger partial charge in [0.2, 0.25) is 0 Å². The summed E-state index contributed by atoms with van der Waals surface area (Å²) in [5.74, 6) is 2.61. The Morgan fingerprint density at radius 1 is 1.16 bits per heavy atom. The molecule has 2 bridgehead atoms. The Balaban J connectivity index is 1.82. The average molecular weight is 264 g/mol. The zero-order chi connectivity index (χ0) is 13.8. The summed E-state index contributed by atoms with van der Waals surface area (Å²) < 4.78 is 5.50. The van der Waals surface area contributed by atoms with Crippen molar-refractivity contribution >= 4 is 5.78 Å². The lowest BCUT2D eigenvalue weighted by atomic mass is 9.61. The molecular formula is C17H28O2. The smallest absolute Gasteiger partial charge is 0.135 e. The molecule has 0 radical (unpaired) electrons. The molecule has 0 aromatic carbocycles. The first-order chi connectivity index (χ1) is 8.88. The van der Waals surface area contributed by atoms with E-state index in [2.05, 4.69) is 20.8 Å². The van der Waals surface area contributed by atoms with Crippen molar-refractivity contribution < 1.29 is 9.53 Å². The van der Waals surface area contributed by atoms with Crippen LogP contribution in [-0.2, 0) is 9.53 Å². The monoisotopic (exact) mass is 264 g/mol. The molecule has 0 saturated heterocycles. The number of rotatable bonds is 2. The predicted molar refractivity (Wildman–Crippen MR) is 75.9 cm³/mol. The number of carbonyl (C=O) groups is 1. The van der Waals surface area contributed by atoms with Gasteiger partial charge in [-0.05, 0) is 54.3 Å². The summed E-state index contributed by atoms with van der Waals surface area (Å²) in [6.07, 6.45) is 6.83. The van der Waals surface area contributed by atoms with Gasteiger partial charge in [-0.1, -0.05) is 20.8 Å². The molecule has 3 saturated carbocycles. The Kier molecular flexibility index (Phi) is 3.09. The summed E-state index contributed by atoms with van der Waals surface area (Å²) in [4.78, 5) is 12.0. The van der Waals surface area contributed by atoms with Gasteiger partial charge in [-0.2, -0.15) is 0 Å². The van der Waals surface area contributed by atoms with Gasteiger partial charge in [0.1, 0.15) is 5.78 Å². The van der Waals surface area contributed by atoms with E-state index in [9.17, 15) is 4.79 Å². The normalized spacial score (nSPS) is 48.7. The third-order valence-corrected chi connectivity index (χ3v) is 7.27. The molecule has 3 fully saturated rings. The molecule has 3 rings (SSSR count). The molecule has 5 atom stereocenters. The van der Waals surface area contributed by atoms with Crippen LogP contribution in [0.25, 0.3) is 0 Å². The highest BCUT2D eigenvalue weighted by Crippen LogP contribution is 2.70. The molecule has 19 heavy (non-hydrogen) atoms. The van der Waals surface area contributed by atoms with Crippen molar-refractivity contribution in [2.45, 2.75) is 65.4 Å². The van der Waals surface area contributed by atoms with Crippen LogP contribution in [0.2, 0.25) is 0 Å². The van der Waals surface area contributed by atoms with Crippen LogP contribution in [0.15, 0.2) is 0 Å². The molecule has 108 valence electrons. The van der Waals surface area contributed by atoms with E-state index < -0.39 is 0 Å². The Bertz CT molecular complexity index is 387. The van der Waals surface area contributed by atoms with Gasteiger partial charge in [-0.15, -0.1) is 0 Å². The predicted octanol–water partition coefficient (Wildman–Crippen LogP) is 3.83. The van der Waals surface area contributed by atoms with E-state index in [0.717, 1.165) is 24.7 Å². The molecule has 2 nitrogen and oxygen atoms in total. The van der Waals surface area contributed by atoms with Crippen molar-refractivity contribution in [3.8, 4) is 0 Å². The topological polar surface area (TPSA) is 26.3 Å². The average Bonchev–Trinajstić information content (AvgIpc) is 2.70. The minimum atomic E-state index is 0.178. The molecule has 0 aromatic rings. The van der Waals surface area contributed by atoms with Crippen molar-refractivity contribution in [1.82, 2.24) is 0 Å². The first-order valence-electron chi connectivity index (χ1n) is 7.93. The van der Waals surface area contributed by atoms with Crippen LogP contribution >= 0.6 is 0 Å². The lowest BCUT2D eigenvalue weighted by Gasteiger charge is -2.44. The quantitative estimate of drug-likeness (QED) is 0.757. The summed E-state index contributed by atoms with van der Waals surface area (Å²) in [5, 5.41) is 0. The minimum absolute atomic E-state index is 0.178. The van der Waals surface area contributed by atoms with E-state index in [1.54, 1.807) is 7.11 Å². The van der Waals surface area contributed by atoms with E-state index in [-0.39, 0.29) is 6.10 Å². The number of methoxy groups -OCH3 is 1. The third-order valence-electron chi connectivity index (χ3n) is 7.27. The molecule has 3 aliphatic rings. The number of ketones is 1. The van der Waals surface area contributed by atoms with Crippen LogP contribution in [0.4, 0.5) is 0 Å². The molecule has 2 heteroatoms. The van der Waals surface area contributed by atoms with E-state index in [1.807, 2.05) is 0 Å². The highest BCUT2D eigenvalue weighted by atomic mass is 16.5. The number of hydrogen-bond donors (Lipinski definition) is 0. The first-order valence-corrected chi connectivity index (χ1v) is 7.93. The fraction of sp³-hybridized carbons (Fsp3) is 0.941. The molecule has 0 spiro atoms. The van der Waals surface area contributed by atoms with Crippen molar-refractivity contribution in [3.05, 3.63) is 0 Å². The maximum Gasteiger partial charge on any atom is 0.135 e. The van der Waals surface area contributed by atoms with E-state index >= 15 is 0 Å². The van der Waals surface area contributed by atoms with Crippen LogP contribution in [-0.4, -0.2) is 19.0 Å². The van der Waals surface area contributed by atoms with E-state index in [4.69, 9.17) is 4.74 Å². The van der Waals surface area contributed by atoms with Crippen LogP contribution in [0.1, 0.15) is 59.3 Å². The van der Waals surface area contributed by atoms with Gasteiger partial charge in [-0.3, -0.25) is 4.79 Å². The fourth-order valence-corrected chi connectivity index (χ4v) is 5.60.